The van der Waals surface area contributed by atoms with Gasteiger partial charge in [-0.3, -0.25) is 0 Å². The van der Waals surface area contributed by atoms with E-state index < -0.39 is 0 Å². The van der Waals surface area contributed by atoms with Crippen LogP contribution < -0.4 is 5.73 Å². The second-order valence-electron chi connectivity index (χ2n) is 3.07. The molecule has 0 aromatic carbocycles. The van der Waals surface area contributed by atoms with E-state index >= 15 is 0 Å². The molecule has 0 fully saturated rings. The van der Waals surface area contributed by atoms with Crippen molar-refractivity contribution in [3.63, 3.8) is 0 Å². The summed E-state index contributed by atoms with van der Waals surface area (Å²) in [5.41, 5.74) is 8.11. The van der Waals surface area contributed by atoms with Crippen molar-refractivity contribution in [2.75, 3.05) is 19.5 Å². The van der Waals surface area contributed by atoms with Crippen LogP contribution in [0.15, 0.2) is 18.6 Å². The van der Waals surface area contributed by atoms with E-state index in [0.29, 0.717) is 12.3 Å². The third-order valence-corrected chi connectivity index (χ3v) is 2.02. The molecule has 0 bridgehead atoms. The molecule has 74 valence electrons. The number of rotatable bonds is 3. The highest BCUT2D eigenvalue weighted by atomic mass is 16.5. The maximum Gasteiger partial charge on any atom is 0.158 e. The van der Waals surface area contributed by atoms with Gasteiger partial charge in [0.2, 0.25) is 0 Å². The molecule has 0 saturated heterocycles. The molecule has 0 atom stereocenters. The molecule has 14 heavy (non-hydrogen) atoms. The number of nitrogen functional groups attached to an aromatic ring is 1. The number of anilines is 1. The lowest BCUT2D eigenvalue weighted by atomic mass is 10.2. The van der Waals surface area contributed by atoms with Gasteiger partial charge in [0.1, 0.15) is 0 Å². The first-order valence-electron chi connectivity index (χ1n) is 4.38. The Morgan fingerprint density at radius 1 is 1.50 bits per heavy atom. The van der Waals surface area contributed by atoms with Crippen LogP contribution in [0.2, 0.25) is 0 Å². The first-order chi connectivity index (χ1) is 6.81. The lowest BCUT2D eigenvalue weighted by Crippen LogP contribution is -1.97. The summed E-state index contributed by atoms with van der Waals surface area (Å²) in [4.78, 5) is 4.21. The predicted molar refractivity (Wildman–Crippen MR) is 53.0 cm³/mol. The fraction of sp³-hybridized carbons (Fsp3) is 0.333. The van der Waals surface area contributed by atoms with Crippen molar-refractivity contribution in [3.8, 4) is 0 Å². The lowest BCUT2D eigenvalue weighted by molar-refractivity contribution is 0.202. The number of ether oxygens (including phenoxy) is 1. The third-order valence-electron chi connectivity index (χ3n) is 2.02. The van der Waals surface area contributed by atoms with E-state index in [-0.39, 0.29) is 0 Å². The van der Waals surface area contributed by atoms with E-state index in [1.165, 1.54) is 0 Å². The largest absolute Gasteiger partial charge is 0.396 e. The fourth-order valence-corrected chi connectivity index (χ4v) is 1.33. The average molecular weight is 192 g/mol. The molecule has 0 aliphatic heterocycles. The molecule has 0 unspecified atom stereocenters. The Hall–Kier alpha value is -1.62. The van der Waals surface area contributed by atoms with E-state index in [1.807, 2.05) is 0 Å². The number of nitrogens with zero attached hydrogens (tertiary/aromatic N) is 3. The van der Waals surface area contributed by atoms with Crippen LogP contribution in [0.25, 0.3) is 5.65 Å². The van der Waals surface area contributed by atoms with Gasteiger partial charge in [0, 0.05) is 19.1 Å². The quantitative estimate of drug-likeness (QED) is 0.769. The second-order valence-corrected chi connectivity index (χ2v) is 3.07. The number of nitrogens with two attached hydrogens (primary N) is 1. The normalized spacial score (nSPS) is 10.9. The average Bonchev–Trinajstić information content (AvgIpc) is 2.57. The van der Waals surface area contributed by atoms with E-state index in [1.54, 1.807) is 30.2 Å². The summed E-state index contributed by atoms with van der Waals surface area (Å²) in [6.45, 7) is 0.674. The zero-order valence-electron chi connectivity index (χ0n) is 7.97. The van der Waals surface area contributed by atoms with E-state index in [0.717, 1.165) is 17.6 Å². The molecule has 0 aliphatic carbocycles. The number of methoxy groups -OCH3 is 1. The Kier molecular flexibility index (Phi) is 2.32. The molecule has 0 amide bonds. The SMILES string of the molecule is COCCc1cnn2cc(N)cnc12. The van der Waals surface area contributed by atoms with Crippen molar-refractivity contribution >= 4 is 11.3 Å². The molecule has 2 heterocycles. The minimum absolute atomic E-state index is 0.610. The van der Waals surface area contributed by atoms with Crippen molar-refractivity contribution in [1.29, 1.82) is 0 Å². The van der Waals surface area contributed by atoms with Gasteiger partial charge >= 0.3 is 0 Å². The summed E-state index contributed by atoms with van der Waals surface area (Å²) in [6.07, 6.45) is 5.99. The first-order valence-corrected chi connectivity index (χ1v) is 4.38. The Morgan fingerprint density at radius 2 is 2.36 bits per heavy atom. The second kappa shape index (κ2) is 3.63. The van der Waals surface area contributed by atoms with E-state index in [4.69, 9.17) is 10.5 Å². The van der Waals surface area contributed by atoms with Crippen molar-refractivity contribution < 1.29 is 4.74 Å². The van der Waals surface area contributed by atoms with Crippen LogP contribution in [-0.2, 0) is 11.2 Å². The van der Waals surface area contributed by atoms with Crippen LogP contribution in [0.1, 0.15) is 5.56 Å². The molecule has 2 N–H and O–H groups in total. The number of fused-ring (bicyclic) bond motifs is 1. The summed E-state index contributed by atoms with van der Waals surface area (Å²) in [6, 6.07) is 0. The van der Waals surface area contributed by atoms with E-state index in [9.17, 15) is 0 Å². The molecule has 0 spiro atoms. The standard InChI is InChI=1S/C9H12N4O/c1-14-3-2-7-4-12-13-6-8(10)5-11-9(7)13/h4-6H,2-3,10H2,1H3. The smallest absolute Gasteiger partial charge is 0.158 e. The van der Waals surface area contributed by atoms with Gasteiger partial charge in [-0.1, -0.05) is 0 Å². The molecular weight excluding hydrogens is 180 g/mol. The van der Waals surface area contributed by atoms with Gasteiger partial charge in [0.25, 0.3) is 0 Å². The fourth-order valence-electron chi connectivity index (χ4n) is 1.33. The van der Waals surface area contributed by atoms with Crippen LogP contribution in [0.3, 0.4) is 0 Å². The zero-order chi connectivity index (χ0) is 9.97. The van der Waals surface area contributed by atoms with Crippen molar-refractivity contribution in [3.05, 3.63) is 24.2 Å². The number of hydrogen-bond acceptors (Lipinski definition) is 4. The molecule has 2 aromatic rings. The van der Waals surface area contributed by atoms with Gasteiger partial charge in [0.15, 0.2) is 5.65 Å². The third kappa shape index (κ3) is 1.54. The maximum atomic E-state index is 5.59. The molecule has 0 radical (unpaired) electrons. The topological polar surface area (TPSA) is 65.4 Å². The maximum absolute atomic E-state index is 5.59. The Balaban J connectivity index is 2.37. The molecule has 5 nitrogen and oxygen atoms in total. The summed E-state index contributed by atoms with van der Waals surface area (Å²) < 4.78 is 6.68. The van der Waals surface area contributed by atoms with Crippen molar-refractivity contribution in [2.45, 2.75) is 6.42 Å². The number of aromatic nitrogens is 3. The first kappa shape index (κ1) is 8.96. The van der Waals surface area contributed by atoms with Gasteiger partial charge in [0.05, 0.1) is 30.9 Å². The lowest BCUT2D eigenvalue weighted by Gasteiger charge is -1.98. The predicted octanol–water partition coefficient (Wildman–Crippen LogP) is 0.500. The molecule has 0 aliphatic rings. The Bertz CT molecular complexity index is 437. The Morgan fingerprint density at radius 3 is 3.14 bits per heavy atom. The van der Waals surface area contributed by atoms with Crippen LogP contribution in [0.5, 0.6) is 0 Å². The molecular formula is C9H12N4O. The molecule has 5 heteroatoms. The van der Waals surface area contributed by atoms with Gasteiger partial charge in [-0.15, -0.1) is 0 Å². The zero-order valence-corrected chi connectivity index (χ0v) is 7.97. The van der Waals surface area contributed by atoms with Gasteiger partial charge < -0.3 is 10.5 Å². The summed E-state index contributed by atoms with van der Waals surface area (Å²) in [7, 11) is 1.68. The minimum Gasteiger partial charge on any atom is -0.396 e. The monoisotopic (exact) mass is 192 g/mol. The van der Waals surface area contributed by atoms with Gasteiger partial charge in [-0.25, -0.2) is 9.50 Å². The van der Waals surface area contributed by atoms with E-state index in [2.05, 4.69) is 10.1 Å². The van der Waals surface area contributed by atoms with Gasteiger partial charge in [-0.2, -0.15) is 5.10 Å². The highest BCUT2D eigenvalue weighted by Crippen LogP contribution is 2.10. The molecule has 0 saturated carbocycles. The van der Waals surface area contributed by atoms with Crippen molar-refractivity contribution in [1.82, 2.24) is 14.6 Å². The van der Waals surface area contributed by atoms with Crippen LogP contribution in [0.4, 0.5) is 5.69 Å². The van der Waals surface area contributed by atoms with Crippen molar-refractivity contribution in [2.24, 2.45) is 0 Å². The van der Waals surface area contributed by atoms with Crippen LogP contribution >= 0.6 is 0 Å². The van der Waals surface area contributed by atoms with Crippen LogP contribution in [-0.4, -0.2) is 28.3 Å². The van der Waals surface area contributed by atoms with Gasteiger partial charge in [-0.05, 0) is 0 Å². The summed E-state index contributed by atoms with van der Waals surface area (Å²) in [5, 5.41) is 4.15. The molecule has 2 aromatic heterocycles. The Labute approximate surface area is 81.5 Å². The summed E-state index contributed by atoms with van der Waals surface area (Å²) in [5.74, 6) is 0. The number of hydrogen-bond donors (Lipinski definition) is 1. The highest BCUT2D eigenvalue weighted by molar-refractivity contribution is 5.49. The highest BCUT2D eigenvalue weighted by Gasteiger charge is 2.04. The van der Waals surface area contributed by atoms with Crippen LogP contribution in [0, 0.1) is 0 Å². The summed E-state index contributed by atoms with van der Waals surface area (Å²) >= 11 is 0. The minimum atomic E-state index is 0.610. The molecule has 2 rings (SSSR count).